The van der Waals surface area contributed by atoms with Crippen molar-refractivity contribution >= 4 is 45.0 Å². The molecule has 5 heteroatoms. The van der Waals surface area contributed by atoms with Gasteiger partial charge in [-0.05, 0) is 41.3 Å². The van der Waals surface area contributed by atoms with Crippen LogP contribution in [0.4, 0.5) is 5.69 Å². The minimum absolute atomic E-state index is 0.0597. The van der Waals surface area contributed by atoms with Crippen LogP contribution in [0.25, 0.3) is 21.3 Å². The number of fused-ring (bicyclic) bond motifs is 1. The molecular formula is C20H16N2OS2. The summed E-state index contributed by atoms with van der Waals surface area (Å²) in [5.74, 6) is -0.0597. The van der Waals surface area contributed by atoms with E-state index in [2.05, 4.69) is 29.2 Å². The number of thiazole rings is 1. The van der Waals surface area contributed by atoms with E-state index >= 15 is 0 Å². The zero-order valence-corrected chi connectivity index (χ0v) is 15.3. The van der Waals surface area contributed by atoms with Crippen LogP contribution in [0, 0.1) is 0 Å². The Labute approximate surface area is 154 Å². The Hall–Kier alpha value is -2.50. The average molecular weight is 364 g/mol. The molecule has 0 aliphatic carbocycles. The Bertz CT molecular complexity index is 1020. The number of hydrogen-bond donors (Lipinski definition) is 0. The summed E-state index contributed by atoms with van der Waals surface area (Å²) in [6.45, 7) is 2.59. The van der Waals surface area contributed by atoms with Crippen molar-refractivity contribution in [2.45, 2.75) is 6.92 Å². The molecule has 0 saturated heterocycles. The molecule has 124 valence electrons. The van der Waals surface area contributed by atoms with Gasteiger partial charge in [-0.2, -0.15) is 11.3 Å². The third kappa shape index (κ3) is 3.08. The van der Waals surface area contributed by atoms with Gasteiger partial charge >= 0.3 is 0 Å². The molecule has 0 unspecified atom stereocenters. The molecule has 0 bridgehead atoms. The van der Waals surface area contributed by atoms with Gasteiger partial charge in [-0.15, -0.1) is 11.3 Å². The van der Waals surface area contributed by atoms with E-state index in [-0.39, 0.29) is 5.91 Å². The summed E-state index contributed by atoms with van der Waals surface area (Å²) in [5.41, 5.74) is 2.47. The summed E-state index contributed by atoms with van der Waals surface area (Å²) in [6, 6.07) is 16.3. The lowest BCUT2D eigenvalue weighted by Crippen LogP contribution is -2.30. The fraction of sp³-hybridized carbons (Fsp3) is 0.100. The number of amides is 1. The number of rotatable bonds is 4. The third-order valence-electron chi connectivity index (χ3n) is 4.10. The summed E-state index contributed by atoms with van der Waals surface area (Å²) >= 11 is 3.14. The molecule has 0 aliphatic heterocycles. The zero-order valence-electron chi connectivity index (χ0n) is 13.7. The predicted molar refractivity (Wildman–Crippen MR) is 107 cm³/mol. The highest BCUT2D eigenvalue weighted by molar-refractivity contribution is 7.14. The molecule has 0 spiro atoms. The summed E-state index contributed by atoms with van der Waals surface area (Å²) in [5, 5.41) is 9.10. The molecule has 2 aromatic heterocycles. The monoisotopic (exact) mass is 364 g/mol. The second-order valence-electron chi connectivity index (χ2n) is 5.63. The van der Waals surface area contributed by atoms with Crippen LogP contribution >= 0.6 is 22.7 Å². The Morgan fingerprint density at radius 1 is 1.08 bits per heavy atom. The van der Waals surface area contributed by atoms with E-state index in [0.29, 0.717) is 12.2 Å². The molecule has 1 amide bonds. The molecule has 0 aliphatic rings. The zero-order chi connectivity index (χ0) is 17.2. The van der Waals surface area contributed by atoms with Gasteiger partial charge in [-0.25, -0.2) is 4.98 Å². The Morgan fingerprint density at radius 2 is 1.92 bits per heavy atom. The van der Waals surface area contributed by atoms with E-state index in [1.54, 1.807) is 16.2 Å². The molecule has 0 fully saturated rings. The van der Waals surface area contributed by atoms with E-state index in [4.69, 9.17) is 0 Å². The molecule has 3 nitrogen and oxygen atoms in total. The van der Waals surface area contributed by atoms with E-state index in [1.807, 2.05) is 47.3 Å². The maximum Gasteiger partial charge on any atom is 0.277 e. The molecule has 2 aromatic carbocycles. The van der Waals surface area contributed by atoms with Crippen LogP contribution in [0.1, 0.15) is 17.4 Å². The van der Waals surface area contributed by atoms with Crippen molar-refractivity contribution in [3.05, 3.63) is 70.4 Å². The van der Waals surface area contributed by atoms with E-state index in [1.165, 1.54) is 16.7 Å². The molecule has 25 heavy (non-hydrogen) atoms. The number of nitrogens with zero attached hydrogens (tertiary/aromatic N) is 2. The van der Waals surface area contributed by atoms with Crippen molar-refractivity contribution < 1.29 is 4.79 Å². The van der Waals surface area contributed by atoms with Crippen LogP contribution in [0.5, 0.6) is 0 Å². The summed E-state index contributed by atoms with van der Waals surface area (Å²) in [4.78, 5) is 19.3. The van der Waals surface area contributed by atoms with Crippen molar-refractivity contribution in [1.82, 2.24) is 4.98 Å². The standard InChI is InChI=1S/C20H16N2OS2/c1-2-22(17-8-7-14-5-3-4-6-15(14)11-17)20(23)18-13-25-19(21-18)16-9-10-24-12-16/h3-13H,2H2,1H3. The van der Waals surface area contributed by atoms with E-state index in [0.717, 1.165) is 21.6 Å². The predicted octanol–water partition coefficient (Wildman–Crippen LogP) is 5.69. The van der Waals surface area contributed by atoms with Gasteiger partial charge in [0.25, 0.3) is 5.91 Å². The molecule has 0 N–H and O–H groups in total. The summed E-state index contributed by atoms with van der Waals surface area (Å²) < 4.78 is 0. The highest BCUT2D eigenvalue weighted by Gasteiger charge is 2.19. The first-order valence-corrected chi connectivity index (χ1v) is 9.87. The summed E-state index contributed by atoms with van der Waals surface area (Å²) in [6.07, 6.45) is 0. The number of aromatic nitrogens is 1. The second kappa shape index (κ2) is 6.78. The lowest BCUT2D eigenvalue weighted by molar-refractivity contribution is 0.0984. The van der Waals surface area contributed by atoms with Crippen LogP contribution < -0.4 is 4.90 Å². The number of carbonyl (C=O) groups is 1. The summed E-state index contributed by atoms with van der Waals surface area (Å²) in [7, 11) is 0. The van der Waals surface area contributed by atoms with Crippen LogP contribution in [-0.2, 0) is 0 Å². The third-order valence-corrected chi connectivity index (χ3v) is 5.67. The van der Waals surface area contributed by atoms with Crippen molar-refractivity contribution in [2.24, 2.45) is 0 Å². The quantitative estimate of drug-likeness (QED) is 0.466. The maximum absolute atomic E-state index is 13.0. The van der Waals surface area contributed by atoms with Crippen molar-refractivity contribution in [1.29, 1.82) is 0 Å². The fourth-order valence-corrected chi connectivity index (χ4v) is 4.32. The molecular weight excluding hydrogens is 348 g/mol. The first kappa shape index (κ1) is 16.0. The van der Waals surface area contributed by atoms with E-state index < -0.39 is 0 Å². The average Bonchev–Trinajstić information content (AvgIpc) is 3.33. The fourth-order valence-electron chi connectivity index (χ4n) is 2.82. The van der Waals surface area contributed by atoms with Crippen LogP contribution in [-0.4, -0.2) is 17.4 Å². The van der Waals surface area contributed by atoms with Gasteiger partial charge in [-0.3, -0.25) is 4.79 Å². The van der Waals surface area contributed by atoms with Gasteiger partial charge in [0.15, 0.2) is 0 Å². The maximum atomic E-state index is 13.0. The van der Waals surface area contributed by atoms with E-state index in [9.17, 15) is 4.79 Å². The number of hydrogen-bond acceptors (Lipinski definition) is 4. The molecule has 0 atom stereocenters. The molecule has 4 rings (SSSR count). The first-order valence-electron chi connectivity index (χ1n) is 8.05. The Kier molecular flexibility index (Phi) is 4.34. The highest BCUT2D eigenvalue weighted by atomic mass is 32.1. The minimum Gasteiger partial charge on any atom is -0.307 e. The highest BCUT2D eigenvalue weighted by Crippen LogP contribution is 2.28. The van der Waals surface area contributed by atoms with Gasteiger partial charge in [-0.1, -0.05) is 30.3 Å². The SMILES string of the molecule is CCN(C(=O)c1csc(-c2ccsc2)n1)c1ccc2ccccc2c1. The Balaban J connectivity index is 1.66. The molecule has 4 aromatic rings. The van der Waals surface area contributed by atoms with Crippen LogP contribution in [0.2, 0.25) is 0 Å². The van der Waals surface area contributed by atoms with Gasteiger partial charge < -0.3 is 4.90 Å². The van der Waals surface area contributed by atoms with Crippen LogP contribution in [0.15, 0.2) is 64.7 Å². The lowest BCUT2D eigenvalue weighted by Gasteiger charge is -2.20. The molecule has 0 saturated carbocycles. The van der Waals surface area contributed by atoms with Crippen molar-refractivity contribution in [3.63, 3.8) is 0 Å². The van der Waals surface area contributed by atoms with Crippen LogP contribution in [0.3, 0.4) is 0 Å². The largest absolute Gasteiger partial charge is 0.307 e. The van der Waals surface area contributed by atoms with Gasteiger partial charge in [0.2, 0.25) is 0 Å². The molecule has 0 radical (unpaired) electrons. The van der Waals surface area contributed by atoms with Crippen molar-refractivity contribution in [3.8, 4) is 10.6 Å². The lowest BCUT2D eigenvalue weighted by atomic mass is 10.1. The number of anilines is 1. The number of benzene rings is 2. The topological polar surface area (TPSA) is 33.2 Å². The van der Waals surface area contributed by atoms with Gasteiger partial charge in [0.05, 0.1) is 0 Å². The first-order chi connectivity index (χ1) is 12.3. The number of carbonyl (C=O) groups excluding carboxylic acids is 1. The minimum atomic E-state index is -0.0597. The number of thiophene rings is 1. The normalized spacial score (nSPS) is 10.9. The van der Waals surface area contributed by atoms with Gasteiger partial charge in [0.1, 0.15) is 10.7 Å². The Morgan fingerprint density at radius 3 is 2.68 bits per heavy atom. The molecule has 2 heterocycles. The smallest absolute Gasteiger partial charge is 0.277 e. The second-order valence-corrected chi connectivity index (χ2v) is 7.27. The van der Waals surface area contributed by atoms with Crippen molar-refractivity contribution in [2.75, 3.05) is 11.4 Å². The van der Waals surface area contributed by atoms with Gasteiger partial charge in [0, 0.05) is 28.6 Å².